The smallest absolute Gasteiger partial charge is 0.333 e. The fourth-order valence-electron chi connectivity index (χ4n) is 2.62. The molecule has 24 heavy (non-hydrogen) atoms. The first-order valence-corrected chi connectivity index (χ1v) is 8.06. The van der Waals surface area contributed by atoms with Gasteiger partial charge in [0.15, 0.2) is 0 Å². The summed E-state index contributed by atoms with van der Waals surface area (Å²) < 4.78 is 10.8. The topological polar surface area (TPSA) is 128 Å². The molecule has 0 radical (unpaired) electrons. The minimum atomic E-state index is -0.979. The van der Waals surface area contributed by atoms with Gasteiger partial charge in [-0.05, 0) is 25.8 Å². The molecule has 1 aliphatic rings. The Labute approximate surface area is 141 Å². The van der Waals surface area contributed by atoms with Gasteiger partial charge in [-0.3, -0.25) is 9.59 Å². The van der Waals surface area contributed by atoms with Crippen molar-refractivity contribution in [2.24, 2.45) is 5.73 Å². The highest BCUT2D eigenvalue weighted by Gasteiger charge is 2.36. The molecular weight excluding hydrogens is 316 g/mol. The number of carbonyl (C=O) groups is 3. The number of carbonyl (C=O) groups excluding carboxylic acids is 2. The number of aliphatic carboxylic acids is 1. The van der Waals surface area contributed by atoms with Crippen molar-refractivity contribution >= 4 is 17.8 Å². The fourth-order valence-corrected chi connectivity index (χ4v) is 2.62. The minimum absolute atomic E-state index is 0.169. The molecule has 0 saturated heterocycles. The monoisotopic (exact) mass is 342 g/mol. The highest BCUT2D eigenvalue weighted by atomic mass is 16.5. The summed E-state index contributed by atoms with van der Waals surface area (Å²) >= 11 is 0. The van der Waals surface area contributed by atoms with Crippen molar-refractivity contribution < 1.29 is 29.0 Å². The number of rotatable bonds is 8. The second-order valence-corrected chi connectivity index (χ2v) is 5.74. The summed E-state index contributed by atoms with van der Waals surface area (Å²) in [6.45, 7) is 5.11. The Kier molecular flexibility index (Phi) is 7.87. The van der Waals surface area contributed by atoms with Gasteiger partial charge in [-0.15, -0.1) is 0 Å². The van der Waals surface area contributed by atoms with Crippen molar-refractivity contribution in [3.63, 3.8) is 0 Å². The number of nitrogens with one attached hydrogen (secondary N) is 1. The molecule has 4 atom stereocenters. The van der Waals surface area contributed by atoms with E-state index in [0.29, 0.717) is 12.0 Å². The van der Waals surface area contributed by atoms with Crippen LogP contribution in [0.5, 0.6) is 0 Å². The summed E-state index contributed by atoms with van der Waals surface area (Å²) in [5, 5.41) is 11.7. The van der Waals surface area contributed by atoms with Crippen molar-refractivity contribution in [2.45, 2.75) is 64.3 Å². The highest BCUT2D eigenvalue weighted by molar-refractivity contribution is 5.89. The molecule has 0 bridgehead atoms. The highest BCUT2D eigenvalue weighted by Crippen LogP contribution is 2.24. The molecule has 0 spiro atoms. The van der Waals surface area contributed by atoms with Gasteiger partial charge in [0.1, 0.15) is 0 Å². The molecule has 1 aliphatic carbocycles. The first kappa shape index (κ1) is 20.1. The van der Waals surface area contributed by atoms with Gasteiger partial charge in [0.2, 0.25) is 5.91 Å². The van der Waals surface area contributed by atoms with Gasteiger partial charge >= 0.3 is 11.9 Å². The van der Waals surface area contributed by atoms with Crippen molar-refractivity contribution in [3.8, 4) is 0 Å². The van der Waals surface area contributed by atoms with Crippen LogP contribution in [0.1, 0.15) is 40.0 Å². The minimum Gasteiger partial charge on any atom is -0.481 e. The van der Waals surface area contributed by atoms with Crippen LogP contribution in [0, 0.1) is 0 Å². The lowest BCUT2D eigenvalue weighted by Crippen LogP contribution is -2.57. The van der Waals surface area contributed by atoms with E-state index < -0.39 is 36.2 Å². The zero-order valence-corrected chi connectivity index (χ0v) is 14.3. The summed E-state index contributed by atoms with van der Waals surface area (Å²) in [5.41, 5.74) is 6.48. The standard InChI is InChI=1S/C16H26N2O6/c1-4-11(8-14(20)21)24-13-7-10(16(22)23-5-2)6-12(17)15(13)18-9(3)19/h7,11-13,15H,4-6,8,17H2,1-3H3,(H,18,19)(H,20,21)/t11-,12+,13-,15-/m1/s1. The van der Waals surface area contributed by atoms with Crippen LogP contribution in [0.4, 0.5) is 0 Å². The quantitative estimate of drug-likeness (QED) is 0.543. The molecular formula is C16H26N2O6. The average molecular weight is 342 g/mol. The van der Waals surface area contributed by atoms with E-state index in [0.717, 1.165) is 0 Å². The average Bonchev–Trinajstić information content (AvgIpc) is 2.49. The molecule has 0 aromatic rings. The van der Waals surface area contributed by atoms with Gasteiger partial charge in [-0.1, -0.05) is 6.92 Å². The van der Waals surface area contributed by atoms with Crippen LogP contribution in [0.15, 0.2) is 11.6 Å². The fraction of sp³-hybridized carbons (Fsp3) is 0.688. The molecule has 136 valence electrons. The van der Waals surface area contributed by atoms with Crippen molar-refractivity contribution in [1.82, 2.24) is 5.32 Å². The maximum Gasteiger partial charge on any atom is 0.333 e. The van der Waals surface area contributed by atoms with Crippen molar-refractivity contribution in [3.05, 3.63) is 11.6 Å². The third kappa shape index (κ3) is 5.93. The summed E-state index contributed by atoms with van der Waals surface area (Å²) in [4.78, 5) is 34.3. The number of esters is 1. The van der Waals surface area contributed by atoms with E-state index in [1.54, 1.807) is 19.9 Å². The Morgan fingerprint density at radius 3 is 2.58 bits per heavy atom. The number of hydrogen-bond acceptors (Lipinski definition) is 6. The number of carboxylic acids is 1. The lowest BCUT2D eigenvalue weighted by atomic mass is 9.88. The van der Waals surface area contributed by atoms with E-state index >= 15 is 0 Å². The summed E-state index contributed by atoms with van der Waals surface area (Å²) in [7, 11) is 0. The van der Waals surface area contributed by atoms with E-state index in [1.165, 1.54) is 6.92 Å². The van der Waals surface area contributed by atoms with Crippen molar-refractivity contribution in [2.75, 3.05) is 6.61 Å². The number of nitrogens with two attached hydrogens (primary N) is 1. The molecule has 0 aromatic carbocycles. The summed E-state index contributed by atoms with van der Waals surface area (Å²) in [5.74, 6) is -1.73. The first-order chi connectivity index (χ1) is 11.3. The zero-order chi connectivity index (χ0) is 18.3. The SMILES string of the molecule is CCOC(=O)C1=C[C@@H](O[C@H](CC)CC(=O)O)[C@H](NC(C)=O)[C@@H](N)C1. The maximum absolute atomic E-state index is 12.0. The zero-order valence-electron chi connectivity index (χ0n) is 14.3. The van der Waals surface area contributed by atoms with Crippen LogP contribution in [-0.2, 0) is 23.9 Å². The first-order valence-electron chi connectivity index (χ1n) is 8.06. The van der Waals surface area contributed by atoms with Gasteiger partial charge in [0.05, 0.1) is 31.3 Å². The molecule has 1 amide bonds. The Hall–Kier alpha value is -1.93. The van der Waals surface area contributed by atoms with Gasteiger partial charge in [0.25, 0.3) is 0 Å². The van der Waals surface area contributed by atoms with Gasteiger partial charge < -0.3 is 25.6 Å². The molecule has 1 rings (SSSR count). The predicted molar refractivity (Wildman–Crippen MR) is 86.1 cm³/mol. The lowest BCUT2D eigenvalue weighted by Gasteiger charge is -2.36. The van der Waals surface area contributed by atoms with E-state index in [1.807, 2.05) is 0 Å². The number of carboxylic acid groups (broad SMARTS) is 1. The maximum atomic E-state index is 12.0. The van der Waals surface area contributed by atoms with E-state index in [9.17, 15) is 14.4 Å². The van der Waals surface area contributed by atoms with Crippen LogP contribution < -0.4 is 11.1 Å². The van der Waals surface area contributed by atoms with E-state index in [-0.39, 0.29) is 25.4 Å². The van der Waals surface area contributed by atoms with Gasteiger partial charge in [0, 0.05) is 18.5 Å². The Balaban J connectivity index is 3.02. The molecule has 0 saturated carbocycles. The van der Waals surface area contributed by atoms with E-state index in [4.69, 9.17) is 20.3 Å². The molecule has 0 fully saturated rings. The van der Waals surface area contributed by atoms with Crippen LogP contribution in [0.3, 0.4) is 0 Å². The van der Waals surface area contributed by atoms with E-state index in [2.05, 4.69) is 5.32 Å². The third-order valence-electron chi connectivity index (χ3n) is 3.75. The third-order valence-corrected chi connectivity index (χ3v) is 3.75. The normalized spacial score (nSPS) is 24.7. The summed E-state index contributed by atoms with van der Waals surface area (Å²) in [6, 6.07) is -1.07. The molecule has 0 aromatic heterocycles. The lowest BCUT2D eigenvalue weighted by molar-refractivity contribution is -0.143. The van der Waals surface area contributed by atoms with Crippen LogP contribution in [0.2, 0.25) is 0 Å². The predicted octanol–water partition coefficient (Wildman–Crippen LogP) is 0.350. The van der Waals surface area contributed by atoms with Gasteiger partial charge in [-0.2, -0.15) is 0 Å². The van der Waals surface area contributed by atoms with Gasteiger partial charge in [-0.25, -0.2) is 4.79 Å². The molecule has 0 heterocycles. The Morgan fingerprint density at radius 2 is 2.08 bits per heavy atom. The largest absolute Gasteiger partial charge is 0.481 e. The van der Waals surface area contributed by atoms with Crippen LogP contribution in [0.25, 0.3) is 0 Å². The number of hydrogen-bond donors (Lipinski definition) is 3. The second kappa shape index (κ2) is 9.39. The molecule has 4 N–H and O–H groups in total. The number of ether oxygens (including phenoxy) is 2. The molecule has 0 aliphatic heterocycles. The summed E-state index contributed by atoms with van der Waals surface area (Å²) in [6.07, 6.45) is 0.895. The van der Waals surface area contributed by atoms with Crippen LogP contribution >= 0.6 is 0 Å². The van der Waals surface area contributed by atoms with Crippen molar-refractivity contribution in [1.29, 1.82) is 0 Å². The molecule has 8 heteroatoms. The molecule has 0 unspecified atom stereocenters. The molecule has 8 nitrogen and oxygen atoms in total. The number of amides is 1. The van der Waals surface area contributed by atoms with Crippen LogP contribution in [-0.4, -0.2) is 53.9 Å². The second-order valence-electron chi connectivity index (χ2n) is 5.74. The Bertz CT molecular complexity index is 505. The Morgan fingerprint density at radius 1 is 1.42 bits per heavy atom.